The Morgan fingerprint density at radius 3 is 1.71 bits per heavy atom. The maximum Gasteiger partial charge on any atom is 0.345 e. The number of carbonyl (C=O) groups is 4. The first-order valence-electron chi connectivity index (χ1n) is 6.93. The van der Waals surface area contributed by atoms with Crippen LogP contribution in [-0.2, 0) is 33.4 Å². The molecule has 0 radical (unpaired) electrons. The second-order valence-electron chi connectivity index (χ2n) is 6.55. The predicted molar refractivity (Wildman–Crippen MR) is 79.0 cm³/mol. The molecule has 0 saturated carbocycles. The van der Waals surface area contributed by atoms with Gasteiger partial charge in [0.25, 0.3) is 12.0 Å². The molecule has 1 amide bonds. The fourth-order valence-corrected chi connectivity index (χ4v) is 1.46. The second kappa shape index (κ2) is 8.06. The minimum atomic E-state index is -2.13. The van der Waals surface area contributed by atoms with Crippen molar-refractivity contribution in [2.45, 2.75) is 58.0 Å². The molecule has 0 aromatic rings. The molecule has 10 heteroatoms. The van der Waals surface area contributed by atoms with Crippen molar-refractivity contribution in [1.82, 2.24) is 0 Å². The zero-order valence-electron chi connectivity index (χ0n) is 14.2. The zero-order valence-corrected chi connectivity index (χ0v) is 14.2. The van der Waals surface area contributed by atoms with E-state index in [9.17, 15) is 19.2 Å². The molecule has 24 heavy (non-hydrogen) atoms. The van der Waals surface area contributed by atoms with Crippen molar-refractivity contribution >= 4 is 23.8 Å². The number of nitrogens with two attached hydrogens (primary N) is 1. The van der Waals surface area contributed by atoms with Crippen molar-refractivity contribution in [2.75, 3.05) is 6.61 Å². The maximum atomic E-state index is 11.9. The summed E-state index contributed by atoms with van der Waals surface area (Å²) in [7, 11) is 0. The highest BCUT2D eigenvalue weighted by atomic mass is 16.6. The van der Waals surface area contributed by atoms with Gasteiger partial charge in [-0.25, -0.2) is 14.4 Å². The smallest absolute Gasteiger partial charge is 0.345 e. The molecule has 0 fully saturated rings. The van der Waals surface area contributed by atoms with Crippen LogP contribution in [0.25, 0.3) is 0 Å². The van der Waals surface area contributed by atoms with E-state index in [0.717, 1.165) is 0 Å². The topological polar surface area (TPSA) is 162 Å². The van der Waals surface area contributed by atoms with E-state index >= 15 is 0 Å². The number of hydrogen-bond acceptors (Lipinski definition) is 7. The van der Waals surface area contributed by atoms with Crippen LogP contribution in [0.3, 0.4) is 0 Å². The lowest BCUT2D eigenvalue weighted by atomic mass is 10.1. The number of ether oxygens (including phenoxy) is 3. The highest BCUT2D eigenvalue weighted by Crippen LogP contribution is 2.16. The average molecular weight is 349 g/mol. The van der Waals surface area contributed by atoms with Gasteiger partial charge in [0.05, 0.1) is 11.2 Å². The molecule has 10 nitrogen and oxygen atoms in total. The summed E-state index contributed by atoms with van der Waals surface area (Å²) in [5, 5.41) is 17.6. The molecule has 1 atom stereocenters. The average Bonchev–Trinajstić information content (AvgIpc) is 2.38. The van der Waals surface area contributed by atoms with Gasteiger partial charge < -0.3 is 30.2 Å². The van der Waals surface area contributed by atoms with Crippen LogP contribution < -0.4 is 5.73 Å². The first kappa shape index (κ1) is 21.8. The Hall–Kier alpha value is -2.20. The van der Waals surface area contributed by atoms with Crippen molar-refractivity contribution in [3.63, 3.8) is 0 Å². The Balaban J connectivity index is 4.89. The van der Waals surface area contributed by atoms with E-state index < -0.39 is 53.8 Å². The third-order valence-electron chi connectivity index (χ3n) is 2.39. The Kier molecular flexibility index (Phi) is 7.32. The monoisotopic (exact) mass is 349 g/mol. The first-order valence-corrected chi connectivity index (χ1v) is 6.93. The summed E-state index contributed by atoms with van der Waals surface area (Å²) in [6.45, 7) is 6.95. The Labute approximate surface area is 138 Å². The second-order valence-corrected chi connectivity index (χ2v) is 6.55. The lowest BCUT2D eigenvalue weighted by molar-refractivity contribution is -0.189. The summed E-state index contributed by atoms with van der Waals surface area (Å²) in [6, 6.07) is 0. The van der Waals surface area contributed by atoms with Crippen molar-refractivity contribution in [2.24, 2.45) is 5.73 Å². The molecule has 0 aliphatic carbocycles. The first-order chi connectivity index (χ1) is 10.7. The molecular formula is C14H23NO9. The van der Waals surface area contributed by atoms with Crippen molar-refractivity contribution < 1.29 is 43.6 Å². The van der Waals surface area contributed by atoms with Crippen LogP contribution in [0, 0.1) is 0 Å². The Morgan fingerprint density at radius 2 is 1.38 bits per heavy atom. The zero-order chi connectivity index (χ0) is 19.3. The van der Waals surface area contributed by atoms with Gasteiger partial charge in [-0.1, -0.05) is 0 Å². The van der Waals surface area contributed by atoms with E-state index in [1.165, 1.54) is 13.8 Å². The standard InChI is InChI=1S/C14H23NO9/c1-13(2,3)23-7(9(15)16)12(21)22-6-14(4,5)24-8(10(17)18)11(19)20/h7-8H,6H2,1-5H3,(H2,15,16)(H,17,18)(H,19,20). The van der Waals surface area contributed by atoms with Crippen LogP contribution in [0.1, 0.15) is 34.6 Å². The number of hydrogen-bond donors (Lipinski definition) is 3. The molecule has 138 valence electrons. The van der Waals surface area contributed by atoms with Gasteiger partial charge in [-0.2, -0.15) is 0 Å². The van der Waals surface area contributed by atoms with E-state index in [1.807, 2.05) is 0 Å². The molecule has 0 bridgehead atoms. The van der Waals surface area contributed by atoms with E-state index in [4.69, 9.17) is 30.2 Å². The van der Waals surface area contributed by atoms with Crippen LogP contribution in [0.5, 0.6) is 0 Å². The summed E-state index contributed by atoms with van der Waals surface area (Å²) in [5.41, 5.74) is 2.80. The molecule has 4 N–H and O–H groups in total. The van der Waals surface area contributed by atoms with E-state index in [1.54, 1.807) is 20.8 Å². The van der Waals surface area contributed by atoms with Gasteiger partial charge in [-0.3, -0.25) is 4.79 Å². The predicted octanol–water partition coefficient (Wildman–Crippen LogP) is -0.468. The minimum absolute atomic E-state index is 0.514. The number of amides is 1. The Morgan fingerprint density at radius 1 is 0.917 bits per heavy atom. The summed E-state index contributed by atoms with van der Waals surface area (Å²) < 4.78 is 15.0. The third kappa shape index (κ3) is 7.88. The highest BCUT2D eigenvalue weighted by Gasteiger charge is 2.37. The number of esters is 1. The summed E-state index contributed by atoms with van der Waals surface area (Å²) in [4.78, 5) is 44.9. The molecule has 0 heterocycles. The van der Waals surface area contributed by atoms with Gasteiger partial charge in [0.15, 0.2) is 0 Å². The van der Waals surface area contributed by atoms with Gasteiger partial charge in [-0.15, -0.1) is 0 Å². The fraction of sp³-hybridized carbons (Fsp3) is 0.714. The van der Waals surface area contributed by atoms with E-state index in [-0.39, 0.29) is 0 Å². The lowest BCUT2D eigenvalue weighted by Crippen LogP contribution is -2.47. The maximum absolute atomic E-state index is 11.9. The molecule has 0 aliphatic rings. The molecule has 0 spiro atoms. The van der Waals surface area contributed by atoms with Crippen LogP contribution in [-0.4, -0.2) is 64.0 Å². The number of carboxylic acids is 2. The van der Waals surface area contributed by atoms with E-state index in [0.29, 0.717) is 0 Å². The van der Waals surface area contributed by atoms with Crippen LogP contribution >= 0.6 is 0 Å². The van der Waals surface area contributed by atoms with Crippen molar-refractivity contribution in [3.05, 3.63) is 0 Å². The molecule has 0 aliphatic heterocycles. The third-order valence-corrected chi connectivity index (χ3v) is 2.39. The van der Waals surface area contributed by atoms with Gasteiger partial charge in [-0.05, 0) is 34.6 Å². The van der Waals surface area contributed by atoms with Gasteiger partial charge >= 0.3 is 17.9 Å². The number of rotatable bonds is 9. The molecule has 0 rings (SSSR count). The van der Waals surface area contributed by atoms with Crippen molar-refractivity contribution in [1.29, 1.82) is 0 Å². The van der Waals surface area contributed by atoms with Crippen LogP contribution in [0.4, 0.5) is 0 Å². The number of carbonyl (C=O) groups excluding carboxylic acids is 2. The number of carboxylic acid groups (broad SMARTS) is 2. The fourth-order valence-electron chi connectivity index (χ4n) is 1.46. The highest BCUT2D eigenvalue weighted by molar-refractivity contribution is 6.00. The lowest BCUT2D eigenvalue weighted by Gasteiger charge is -2.28. The normalized spacial score (nSPS) is 13.4. The summed E-state index contributed by atoms with van der Waals surface area (Å²) in [5.74, 6) is -5.54. The molecule has 0 aromatic heterocycles. The van der Waals surface area contributed by atoms with E-state index in [2.05, 4.69) is 0 Å². The summed E-state index contributed by atoms with van der Waals surface area (Å²) in [6.07, 6.45) is -3.79. The SMILES string of the molecule is CC(C)(C)OC(C(N)=O)C(=O)OCC(C)(C)OC(C(=O)O)C(=O)O. The molecule has 0 saturated heterocycles. The molecular weight excluding hydrogens is 326 g/mol. The number of primary amides is 1. The quantitative estimate of drug-likeness (QED) is 0.369. The summed E-state index contributed by atoms with van der Waals surface area (Å²) >= 11 is 0. The minimum Gasteiger partial charge on any atom is -0.479 e. The Bertz CT molecular complexity index is 493. The number of aliphatic carboxylic acids is 2. The molecule has 1 unspecified atom stereocenters. The van der Waals surface area contributed by atoms with Gasteiger partial charge in [0.2, 0.25) is 6.10 Å². The van der Waals surface area contributed by atoms with Gasteiger partial charge in [0.1, 0.15) is 6.61 Å². The van der Waals surface area contributed by atoms with Crippen LogP contribution in [0.15, 0.2) is 0 Å². The van der Waals surface area contributed by atoms with Crippen LogP contribution in [0.2, 0.25) is 0 Å². The largest absolute Gasteiger partial charge is 0.479 e. The van der Waals surface area contributed by atoms with Crippen molar-refractivity contribution in [3.8, 4) is 0 Å². The van der Waals surface area contributed by atoms with Gasteiger partial charge in [0, 0.05) is 0 Å². The molecule has 0 aromatic carbocycles.